The average Bonchev–Trinajstić information content (AvgIpc) is 3.17. The summed E-state index contributed by atoms with van der Waals surface area (Å²) in [4.78, 5) is 17.3. The van der Waals surface area contributed by atoms with Crippen LogP contribution in [0.25, 0.3) is 0 Å². The molecule has 0 bridgehead atoms. The van der Waals surface area contributed by atoms with Crippen LogP contribution in [0.1, 0.15) is 10.4 Å². The van der Waals surface area contributed by atoms with Gasteiger partial charge in [0.15, 0.2) is 11.5 Å². The molecule has 2 aromatic rings. The number of thiophene rings is 1. The van der Waals surface area contributed by atoms with E-state index in [-0.39, 0.29) is 12.7 Å². The van der Waals surface area contributed by atoms with Crippen molar-refractivity contribution >= 4 is 17.2 Å². The smallest absolute Gasteiger partial charge is 0.236 e. The highest BCUT2D eigenvalue weighted by Gasteiger charge is 2.16. The summed E-state index contributed by atoms with van der Waals surface area (Å²) in [5, 5.41) is 2.03. The molecule has 0 unspecified atom stereocenters. The highest BCUT2D eigenvalue weighted by atomic mass is 32.1. The monoisotopic (exact) mass is 332 g/mol. The van der Waals surface area contributed by atoms with Crippen molar-refractivity contribution in [3.05, 3.63) is 46.2 Å². The normalized spacial score (nSPS) is 12.7. The molecule has 0 fully saturated rings. The van der Waals surface area contributed by atoms with Gasteiger partial charge in [-0.15, -0.1) is 11.3 Å². The maximum Gasteiger partial charge on any atom is 0.236 e. The Morgan fingerprint density at radius 3 is 2.78 bits per heavy atom. The molecule has 0 saturated heterocycles. The number of nitrogens with zero attached hydrogens (tertiary/aromatic N) is 2. The summed E-state index contributed by atoms with van der Waals surface area (Å²) in [5.41, 5.74) is 1.10. The molecule has 0 aliphatic carbocycles. The van der Waals surface area contributed by atoms with Crippen molar-refractivity contribution in [2.45, 2.75) is 13.1 Å². The van der Waals surface area contributed by atoms with E-state index in [1.165, 1.54) is 4.88 Å². The summed E-state index contributed by atoms with van der Waals surface area (Å²) < 4.78 is 10.7. The van der Waals surface area contributed by atoms with Gasteiger partial charge in [-0.05, 0) is 36.2 Å². The number of benzene rings is 1. The second-order valence-electron chi connectivity index (χ2n) is 5.69. The Labute approximate surface area is 140 Å². The minimum Gasteiger partial charge on any atom is -0.454 e. The van der Waals surface area contributed by atoms with Crippen LogP contribution in [0.3, 0.4) is 0 Å². The van der Waals surface area contributed by atoms with Gasteiger partial charge in [-0.3, -0.25) is 9.69 Å². The van der Waals surface area contributed by atoms with Crippen molar-refractivity contribution < 1.29 is 14.3 Å². The van der Waals surface area contributed by atoms with Crippen LogP contribution in [0.15, 0.2) is 35.7 Å². The van der Waals surface area contributed by atoms with E-state index < -0.39 is 0 Å². The van der Waals surface area contributed by atoms with Crippen LogP contribution >= 0.6 is 11.3 Å². The topological polar surface area (TPSA) is 42.0 Å². The fourth-order valence-corrected chi connectivity index (χ4v) is 3.24. The zero-order chi connectivity index (χ0) is 16.2. The second-order valence-corrected chi connectivity index (χ2v) is 6.72. The minimum atomic E-state index is 0.113. The number of hydrogen-bond acceptors (Lipinski definition) is 5. The summed E-state index contributed by atoms with van der Waals surface area (Å²) in [5.74, 6) is 1.67. The molecular weight excluding hydrogens is 312 g/mol. The lowest BCUT2D eigenvalue weighted by molar-refractivity contribution is -0.131. The zero-order valence-electron chi connectivity index (χ0n) is 13.3. The third-order valence-corrected chi connectivity index (χ3v) is 4.55. The van der Waals surface area contributed by atoms with Gasteiger partial charge in [0.1, 0.15) is 0 Å². The quantitative estimate of drug-likeness (QED) is 0.815. The first-order valence-electron chi connectivity index (χ1n) is 7.45. The number of rotatable bonds is 6. The first-order valence-corrected chi connectivity index (χ1v) is 8.33. The van der Waals surface area contributed by atoms with Crippen molar-refractivity contribution in [2.24, 2.45) is 0 Å². The Hall–Kier alpha value is -2.05. The van der Waals surface area contributed by atoms with E-state index in [0.717, 1.165) is 17.1 Å². The maximum atomic E-state index is 12.3. The predicted octanol–water partition coefficient (Wildman–Crippen LogP) is 2.57. The van der Waals surface area contributed by atoms with E-state index in [2.05, 4.69) is 0 Å². The van der Waals surface area contributed by atoms with Gasteiger partial charge in [-0.1, -0.05) is 12.1 Å². The molecule has 1 amide bonds. The fourth-order valence-electron chi connectivity index (χ4n) is 2.48. The molecule has 1 aromatic carbocycles. The van der Waals surface area contributed by atoms with Crippen LogP contribution in [0, 0.1) is 0 Å². The van der Waals surface area contributed by atoms with Crippen LogP contribution in [0.2, 0.25) is 0 Å². The zero-order valence-corrected chi connectivity index (χ0v) is 14.1. The van der Waals surface area contributed by atoms with E-state index in [4.69, 9.17) is 9.47 Å². The Balaban J connectivity index is 1.52. The summed E-state index contributed by atoms with van der Waals surface area (Å²) in [7, 11) is 3.79. The third kappa shape index (κ3) is 4.03. The number of hydrogen-bond donors (Lipinski definition) is 0. The summed E-state index contributed by atoms with van der Waals surface area (Å²) >= 11 is 1.67. The molecule has 0 atom stereocenters. The molecular formula is C17H20N2O3S. The molecule has 1 aromatic heterocycles. The van der Waals surface area contributed by atoms with Crippen LogP contribution in [0.4, 0.5) is 0 Å². The van der Waals surface area contributed by atoms with Gasteiger partial charge in [0, 0.05) is 18.5 Å². The maximum absolute atomic E-state index is 12.3. The summed E-state index contributed by atoms with van der Waals surface area (Å²) in [6.45, 7) is 2.01. The van der Waals surface area contributed by atoms with Gasteiger partial charge in [0.25, 0.3) is 0 Å². The molecule has 0 N–H and O–H groups in total. The van der Waals surface area contributed by atoms with Gasteiger partial charge in [-0.25, -0.2) is 0 Å². The molecule has 0 spiro atoms. The van der Waals surface area contributed by atoms with Gasteiger partial charge in [0.05, 0.1) is 13.1 Å². The van der Waals surface area contributed by atoms with E-state index >= 15 is 0 Å². The van der Waals surface area contributed by atoms with E-state index in [0.29, 0.717) is 19.6 Å². The van der Waals surface area contributed by atoms with Crippen molar-refractivity contribution in [2.75, 3.05) is 27.4 Å². The van der Waals surface area contributed by atoms with Crippen LogP contribution in [0.5, 0.6) is 11.5 Å². The summed E-state index contributed by atoms with van der Waals surface area (Å²) in [6.07, 6.45) is 0. The van der Waals surface area contributed by atoms with Crippen molar-refractivity contribution in [1.82, 2.24) is 9.80 Å². The third-order valence-electron chi connectivity index (χ3n) is 3.69. The van der Waals surface area contributed by atoms with E-state index in [1.807, 2.05) is 54.7 Å². The lowest BCUT2D eigenvalue weighted by Gasteiger charge is -2.21. The SMILES string of the molecule is CN(CC(=O)N(C)Cc1cccs1)Cc1ccc2c(c1)OCO2. The standard InChI is InChI=1S/C17H20N2O3S/c1-18(9-13-5-6-15-16(8-13)22-12-21-15)11-17(20)19(2)10-14-4-3-7-23-14/h3-8H,9-12H2,1-2H3. The lowest BCUT2D eigenvalue weighted by Crippen LogP contribution is -2.35. The Morgan fingerprint density at radius 1 is 1.17 bits per heavy atom. The first kappa shape index (κ1) is 15.8. The van der Waals surface area contributed by atoms with Crippen LogP contribution in [-0.4, -0.2) is 43.1 Å². The highest BCUT2D eigenvalue weighted by molar-refractivity contribution is 7.09. The van der Waals surface area contributed by atoms with Gasteiger partial charge >= 0.3 is 0 Å². The second kappa shape index (κ2) is 7.02. The van der Waals surface area contributed by atoms with Crippen LogP contribution < -0.4 is 9.47 Å². The number of amides is 1. The van der Waals surface area contributed by atoms with E-state index in [9.17, 15) is 4.79 Å². The van der Waals surface area contributed by atoms with Crippen LogP contribution in [-0.2, 0) is 17.9 Å². The average molecular weight is 332 g/mol. The molecule has 2 heterocycles. The number of fused-ring (bicyclic) bond motifs is 1. The van der Waals surface area contributed by atoms with Gasteiger partial charge < -0.3 is 14.4 Å². The number of ether oxygens (including phenoxy) is 2. The Morgan fingerprint density at radius 2 is 2.00 bits per heavy atom. The number of likely N-dealkylation sites (N-methyl/N-ethyl adjacent to an activating group) is 2. The predicted molar refractivity (Wildman–Crippen MR) is 89.7 cm³/mol. The highest BCUT2D eigenvalue weighted by Crippen LogP contribution is 2.32. The number of carbonyl (C=O) groups is 1. The summed E-state index contributed by atoms with van der Waals surface area (Å²) in [6, 6.07) is 9.94. The molecule has 23 heavy (non-hydrogen) atoms. The Kier molecular flexibility index (Phi) is 4.83. The molecule has 1 aliphatic rings. The molecule has 5 nitrogen and oxygen atoms in total. The van der Waals surface area contributed by atoms with Gasteiger partial charge in [-0.2, -0.15) is 0 Å². The molecule has 3 rings (SSSR count). The van der Waals surface area contributed by atoms with Crippen molar-refractivity contribution in [3.63, 3.8) is 0 Å². The van der Waals surface area contributed by atoms with Crippen molar-refractivity contribution in [1.29, 1.82) is 0 Å². The Bertz CT molecular complexity index is 672. The van der Waals surface area contributed by atoms with E-state index in [1.54, 1.807) is 16.2 Å². The minimum absolute atomic E-state index is 0.113. The molecule has 1 aliphatic heterocycles. The fraction of sp³-hybridized carbons (Fsp3) is 0.353. The largest absolute Gasteiger partial charge is 0.454 e. The first-order chi connectivity index (χ1) is 11.1. The number of carbonyl (C=O) groups excluding carboxylic acids is 1. The van der Waals surface area contributed by atoms with Gasteiger partial charge in [0.2, 0.25) is 12.7 Å². The molecule has 0 saturated carbocycles. The molecule has 0 radical (unpaired) electrons. The molecule has 122 valence electrons. The van der Waals surface area contributed by atoms with Crippen molar-refractivity contribution in [3.8, 4) is 11.5 Å². The molecule has 6 heteroatoms. The lowest BCUT2D eigenvalue weighted by atomic mass is 10.2.